The molecule has 3 nitrogen and oxygen atoms in total. The predicted octanol–water partition coefficient (Wildman–Crippen LogP) is 2.84. The van der Waals surface area contributed by atoms with Crippen molar-refractivity contribution in [1.29, 1.82) is 0 Å². The van der Waals surface area contributed by atoms with Crippen LogP contribution in [0.1, 0.15) is 23.7 Å². The minimum atomic E-state index is -0.139. The van der Waals surface area contributed by atoms with Gasteiger partial charge in [-0.25, -0.2) is 0 Å². The van der Waals surface area contributed by atoms with E-state index in [-0.39, 0.29) is 12.5 Å². The fourth-order valence-corrected chi connectivity index (χ4v) is 1.82. The van der Waals surface area contributed by atoms with Crippen LogP contribution >= 0.6 is 23.2 Å². The van der Waals surface area contributed by atoms with Crippen molar-refractivity contribution in [3.63, 3.8) is 0 Å². The molecular weight excluding hydrogens is 261 g/mol. The van der Waals surface area contributed by atoms with E-state index in [4.69, 9.17) is 28.3 Å². The summed E-state index contributed by atoms with van der Waals surface area (Å²) in [4.78, 5) is 13.7. The monoisotopic (exact) mass is 275 g/mol. The van der Waals surface area contributed by atoms with Gasteiger partial charge in [-0.2, -0.15) is 0 Å². The number of rotatable bonds is 5. The molecule has 0 saturated heterocycles. The van der Waals surface area contributed by atoms with E-state index in [2.05, 4.69) is 0 Å². The van der Waals surface area contributed by atoms with Crippen molar-refractivity contribution in [3.05, 3.63) is 33.8 Å². The normalized spacial score (nSPS) is 10.4. The molecule has 0 atom stereocenters. The quantitative estimate of drug-likeness (QED) is 0.898. The number of benzene rings is 1. The number of halogens is 2. The zero-order chi connectivity index (χ0) is 12.8. The molecule has 1 aromatic carbocycles. The van der Waals surface area contributed by atoms with Crippen LogP contribution in [-0.4, -0.2) is 35.6 Å². The third-order valence-electron chi connectivity index (χ3n) is 2.32. The molecule has 0 aliphatic rings. The first kappa shape index (κ1) is 14.3. The lowest BCUT2D eigenvalue weighted by Gasteiger charge is -2.21. The number of amides is 1. The Balaban J connectivity index is 2.88. The summed E-state index contributed by atoms with van der Waals surface area (Å²) in [6.45, 7) is 2.87. The van der Waals surface area contributed by atoms with E-state index in [0.29, 0.717) is 28.7 Å². The van der Waals surface area contributed by atoms with Crippen LogP contribution in [0.2, 0.25) is 10.0 Å². The molecule has 0 radical (unpaired) electrons. The van der Waals surface area contributed by atoms with Gasteiger partial charge in [0.15, 0.2) is 0 Å². The molecule has 1 rings (SSSR count). The maximum atomic E-state index is 12.1. The Morgan fingerprint density at radius 1 is 1.29 bits per heavy atom. The van der Waals surface area contributed by atoms with Crippen LogP contribution in [0.25, 0.3) is 0 Å². The van der Waals surface area contributed by atoms with E-state index in [0.717, 1.165) is 6.42 Å². The van der Waals surface area contributed by atoms with Crippen LogP contribution in [-0.2, 0) is 0 Å². The van der Waals surface area contributed by atoms with Gasteiger partial charge in [0, 0.05) is 18.7 Å². The van der Waals surface area contributed by atoms with Gasteiger partial charge in [0.05, 0.1) is 16.7 Å². The van der Waals surface area contributed by atoms with Gasteiger partial charge < -0.3 is 10.0 Å². The highest BCUT2D eigenvalue weighted by atomic mass is 35.5. The number of aliphatic hydroxyl groups excluding tert-OH is 1. The lowest BCUT2D eigenvalue weighted by molar-refractivity contribution is 0.0722. The maximum Gasteiger partial charge on any atom is 0.253 e. The van der Waals surface area contributed by atoms with Gasteiger partial charge in [-0.05, 0) is 24.6 Å². The van der Waals surface area contributed by atoms with Crippen LogP contribution in [0.15, 0.2) is 18.2 Å². The Morgan fingerprint density at radius 2 is 2.00 bits per heavy atom. The van der Waals surface area contributed by atoms with E-state index in [9.17, 15) is 4.79 Å². The lowest BCUT2D eigenvalue weighted by atomic mass is 10.2. The number of hydrogen-bond acceptors (Lipinski definition) is 2. The molecular formula is C12H15Cl2NO2. The molecule has 0 saturated carbocycles. The summed E-state index contributed by atoms with van der Waals surface area (Å²) in [6.07, 6.45) is 0.840. The molecule has 17 heavy (non-hydrogen) atoms. The van der Waals surface area contributed by atoms with Gasteiger partial charge in [-0.3, -0.25) is 4.79 Å². The maximum absolute atomic E-state index is 12.1. The third kappa shape index (κ3) is 3.87. The molecule has 94 valence electrons. The summed E-state index contributed by atoms with van der Waals surface area (Å²) in [7, 11) is 0. The highest BCUT2D eigenvalue weighted by Gasteiger charge is 2.15. The molecule has 0 aromatic heterocycles. The second-order valence-corrected chi connectivity index (χ2v) is 4.46. The molecule has 0 aliphatic heterocycles. The van der Waals surface area contributed by atoms with E-state index < -0.39 is 0 Å². The minimum absolute atomic E-state index is 0.0485. The Morgan fingerprint density at radius 3 is 2.53 bits per heavy atom. The summed E-state index contributed by atoms with van der Waals surface area (Å²) >= 11 is 11.7. The van der Waals surface area contributed by atoms with Gasteiger partial charge in [-0.1, -0.05) is 30.1 Å². The van der Waals surface area contributed by atoms with Crippen molar-refractivity contribution in [3.8, 4) is 0 Å². The van der Waals surface area contributed by atoms with Crippen molar-refractivity contribution >= 4 is 29.1 Å². The van der Waals surface area contributed by atoms with Crippen LogP contribution in [0.5, 0.6) is 0 Å². The third-order valence-corrected chi connectivity index (χ3v) is 3.06. The molecule has 0 unspecified atom stereocenters. The second kappa shape index (κ2) is 6.84. The Hall–Kier alpha value is -0.770. The zero-order valence-corrected chi connectivity index (χ0v) is 11.1. The largest absolute Gasteiger partial charge is 0.395 e. The standard InChI is InChI=1S/C12H15Cl2NO2/c1-2-5-15(6-7-16)12(17)9-3-4-10(13)11(14)8-9/h3-4,8,16H,2,5-7H2,1H3. The van der Waals surface area contributed by atoms with Crippen LogP contribution < -0.4 is 0 Å². The number of aliphatic hydroxyl groups is 1. The van der Waals surface area contributed by atoms with Crippen LogP contribution in [0, 0.1) is 0 Å². The predicted molar refractivity (Wildman–Crippen MR) is 69.7 cm³/mol. The minimum Gasteiger partial charge on any atom is -0.395 e. The number of carbonyl (C=O) groups is 1. The topological polar surface area (TPSA) is 40.5 Å². The smallest absolute Gasteiger partial charge is 0.253 e. The summed E-state index contributed by atoms with van der Waals surface area (Å²) in [6, 6.07) is 4.78. The molecule has 1 amide bonds. The average Bonchev–Trinajstić information content (AvgIpc) is 2.31. The molecule has 0 aliphatic carbocycles. The number of carbonyl (C=O) groups excluding carboxylic acids is 1. The first-order chi connectivity index (χ1) is 8.10. The van der Waals surface area contributed by atoms with Crippen molar-refractivity contribution < 1.29 is 9.90 Å². The van der Waals surface area contributed by atoms with Crippen molar-refractivity contribution in [2.24, 2.45) is 0 Å². The average molecular weight is 276 g/mol. The lowest BCUT2D eigenvalue weighted by Crippen LogP contribution is -2.34. The van der Waals surface area contributed by atoms with Crippen molar-refractivity contribution in [2.45, 2.75) is 13.3 Å². The highest BCUT2D eigenvalue weighted by Crippen LogP contribution is 2.23. The molecule has 0 heterocycles. The molecule has 0 fully saturated rings. The van der Waals surface area contributed by atoms with Gasteiger partial charge in [0.1, 0.15) is 0 Å². The number of nitrogens with zero attached hydrogens (tertiary/aromatic N) is 1. The first-order valence-electron chi connectivity index (χ1n) is 5.45. The summed E-state index contributed by atoms with van der Waals surface area (Å²) in [5, 5.41) is 9.70. The summed E-state index contributed by atoms with van der Waals surface area (Å²) in [5.41, 5.74) is 0.487. The Labute approximate surface area is 111 Å². The van der Waals surface area contributed by atoms with E-state index >= 15 is 0 Å². The Kier molecular flexibility index (Phi) is 5.75. The summed E-state index contributed by atoms with van der Waals surface area (Å²) < 4.78 is 0. The van der Waals surface area contributed by atoms with E-state index in [1.54, 1.807) is 23.1 Å². The molecule has 5 heteroatoms. The van der Waals surface area contributed by atoms with Crippen LogP contribution in [0.4, 0.5) is 0 Å². The number of hydrogen-bond donors (Lipinski definition) is 1. The molecule has 1 aromatic rings. The fourth-order valence-electron chi connectivity index (χ4n) is 1.52. The molecule has 0 bridgehead atoms. The SMILES string of the molecule is CCCN(CCO)C(=O)c1ccc(Cl)c(Cl)c1. The van der Waals surface area contributed by atoms with Crippen molar-refractivity contribution in [2.75, 3.05) is 19.7 Å². The van der Waals surface area contributed by atoms with Gasteiger partial charge in [0.25, 0.3) is 5.91 Å². The first-order valence-corrected chi connectivity index (χ1v) is 6.21. The fraction of sp³-hybridized carbons (Fsp3) is 0.417. The van der Waals surface area contributed by atoms with Gasteiger partial charge in [0.2, 0.25) is 0 Å². The molecule has 0 spiro atoms. The van der Waals surface area contributed by atoms with E-state index in [1.165, 1.54) is 0 Å². The highest BCUT2D eigenvalue weighted by molar-refractivity contribution is 6.42. The van der Waals surface area contributed by atoms with Crippen molar-refractivity contribution in [1.82, 2.24) is 4.90 Å². The van der Waals surface area contributed by atoms with Gasteiger partial charge >= 0.3 is 0 Å². The Bertz CT molecular complexity index is 390. The van der Waals surface area contributed by atoms with E-state index in [1.807, 2.05) is 6.92 Å². The van der Waals surface area contributed by atoms with Gasteiger partial charge in [-0.15, -0.1) is 0 Å². The second-order valence-electron chi connectivity index (χ2n) is 3.64. The van der Waals surface area contributed by atoms with Crippen LogP contribution in [0.3, 0.4) is 0 Å². The summed E-state index contributed by atoms with van der Waals surface area (Å²) in [5.74, 6) is -0.139. The molecule has 1 N–H and O–H groups in total. The zero-order valence-electron chi connectivity index (χ0n) is 9.62.